The Kier molecular flexibility index (Phi) is 6.85. The minimum absolute atomic E-state index is 0.122. The number of aliphatic hydroxyl groups excluding tert-OH is 1. The highest BCUT2D eigenvalue weighted by Crippen LogP contribution is 2.16. The number of para-hydroxylation sites is 1. The van der Waals surface area contributed by atoms with Crippen molar-refractivity contribution in [2.45, 2.75) is 19.4 Å². The Morgan fingerprint density at radius 1 is 1.04 bits per heavy atom. The molecule has 1 aliphatic rings. The van der Waals surface area contributed by atoms with Crippen LogP contribution in [0.15, 0.2) is 54.6 Å². The normalized spacial score (nSPS) is 16.1. The second kappa shape index (κ2) is 9.53. The van der Waals surface area contributed by atoms with E-state index in [0.717, 1.165) is 26.2 Å². The molecule has 2 aromatic carbocycles. The molecule has 5 nitrogen and oxygen atoms in total. The van der Waals surface area contributed by atoms with Gasteiger partial charge in [-0.15, -0.1) is 0 Å². The molecule has 1 N–H and O–H groups in total. The number of ketones is 1. The van der Waals surface area contributed by atoms with Crippen LogP contribution in [-0.4, -0.2) is 61.2 Å². The first-order valence-electron chi connectivity index (χ1n) is 9.62. The summed E-state index contributed by atoms with van der Waals surface area (Å²) in [6.07, 6.45) is -0.0403. The fourth-order valence-corrected chi connectivity index (χ4v) is 3.31. The van der Waals surface area contributed by atoms with Crippen LogP contribution in [0.2, 0.25) is 0 Å². The molecule has 0 bridgehead atoms. The highest BCUT2D eigenvalue weighted by molar-refractivity contribution is 5.95. The topological polar surface area (TPSA) is 53.0 Å². The van der Waals surface area contributed by atoms with Crippen molar-refractivity contribution >= 4 is 11.5 Å². The summed E-state index contributed by atoms with van der Waals surface area (Å²) in [5.41, 5.74) is 1.95. The molecule has 1 unspecified atom stereocenters. The summed E-state index contributed by atoms with van der Waals surface area (Å²) in [4.78, 5) is 16.3. The number of rotatable bonds is 8. The number of ether oxygens (including phenoxy) is 1. The minimum atomic E-state index is -0.537. The van der Waals surface area contributed by atoms with E-state index in [9.17, 15) is 9.90 Å². The van der Waals surface area contributed by atoms with Gasteiger partial charge in [0.2, 0.25) is 0 Å². The molecule has 0 spiro atoms. The van der Waals surface area contributed by atoms with E-state index in [2.05, 4.69) is 34.1 Å². The predicted molar refractivity (Wildman–Crippen MR) is 108 cm³/mol. The summed E-state index contributed by atoms with van der Waals surface area (Å²) in [7, 11) is 0. The number of hydrogen-bond acceptors (Lipinski definition) is 5. The molecular formula is C22H28N2O3. The fourth-order valence-electron chi connectivity index (χ4n) is 3.31. The Morgan fingerprint density at radius 2 is 1.70 bits per heavy atom. The first-order valence-corrected chi connectivity index (χ1v) is 9.62. The van der Waals surface area contributed by atoms with Crippen LogP contribution in [-0.2, 0) is 0 Å². The molecule has 144 valence electrons. The first kappa shape index (κ1) is 19.4. The number of carbonyl (C=O) groups is 1. The van der Waals surface area contributed by atoms with E-state index in [1.54, 1.807) is 24.3 Å². The zero-order valence-corrected chi connectivity index (χ0v) is 15.9. The Hall–Kier alpha value is -2.37. The van der Waals surface area contributed by atoms with Crippen LogP contribution in [0.3, 0.4) is 0 Å². The number of β-amino-alcohol motifs (C(OH)–C–C–N with tert-alkyl or cyclic N) is 1. The lowest BCUT2D eigenvalue weighted by Crippen LogP contribution is -2.49. The van der Waals surface area contributed by atoms with E-state index in [0.29, 0.717) is 24.3 Å². The second-order valence-electron chi connectivity index (χ2n) is 6.89. The van der Waals surface area contributed by atoms with Crippen molar-refractivity contribution in [3.63, 3.8) is 0 Å². The number of carbonyl (C=O) groups excluding carboxylic acids is 1. The molecule has 0 radical (unpaired) electrons. The Labute approximate surface area is 161 Å². The van der Waals surface area contributed by atoms with Gasteiger partial charge in [-0.25, -0.2) is 0 Å². The summed E-state index contributed by atoms with van der Waals surface area (Å²) < 4.78 is 5.67. The molecule has 0 aromatic heterocycles. The molecular weight excluding hydrogens is 340 g/mol. The molecule has 1 fully saturated rings. The SMILES string of the molecule is CCC(=O)c1ccc(OCC(O)CN2CCN(c3ccccc3)CC2)cc1. The maximum Gasteiger partial charge on any atom is 0.162 e. The van der Waals surface area contributed by atoms with E-state index in [-0.39, 0.29) is 12.4 Å². The van der Waals surface area contributed by atoms with Crippen molar-refractivity contribution in [2.75, 3.05) is 44.2 Å². The third-order valence-electron chi connectivity index (χ3n) is 4.90. The average Bonchev–Trinajstić information content (AvgIpc) is 2.73. The van der Waals surface area contributed by atoms with E-state index in [4.69, 9.17) is 4.74 Å². The van der Waals surface area contributed by atoms with Gasteiger partial charge in [0.1, 0.15) is 18.5 Å². The van der Waals surface area contributed by atoms with Gasteiger partial charge in [0.15, 0.2) is 5.78 Å². The van der Waals surface area contributed by atoms with E-state index in [1.165, 1.54) is 5.69 Å². The molecule has 1 atom stereocenters. The Morgan fingerprint density at radius 3 is 2.33 bits per heavy atom. The standard InChI is InChI=1S/C22H28N2O3/c1-2-22(26)18-8-10-21(11-9-18)27-17-20(25)16-23-12-14-24(15-13-23)19-6-4-3-5-7-19/h3-11,20,25H,2,12-17H2,1H3. The van der Waals surface area contributed by atoms with Gasteiger partial charge in [-0.05, 0) is 36.4 Å². The molecule has 0 saturated carbocycles. The lowest BCUT2D eigenvalue weighted by Gasteiger charge is -2.36. The third kappa shape index (κ3) is 5.55. The van der Waals surface area contributed by atoms with Crippen molar-refractivity contribution in [1.29, 1.82) is 0 Å². The number of nitrogens with zero attached hydrogens (tertiary/aromatic N) is 2. The van der Waals surface area contributed by atoms with Gasteiger partial charge < -0.3 is 14.7 Å². The number of Topliss-reactive ketones (excluding diaryl/α,β-unsaturated/α-hetero) is 1. The van der Waals surface area contributed by atoms with Gasteiger partial charge in [0.25, 0.3) is 0 Å². The van der Waals surface area contributed by atoms with Crippen LogP contribution < -0.4 is 9.64 Å². The zero-order chi connectivity index (χ0) is 19.1. The van der Waals surface area contributed by atoms with E-state index >= 15 is 0 Å². The minimum Gasteiger partial charge on any atom is -0.491 e. The molecule has 1 saturated heterocycles. The summed E-state index contributed by atoms with van der Waals surface area (Å²) in [6.45, 7) is 6.49. The zero-order valence-electron chi connectivity index (χ0n) is 15.9. The average molecular weight is 368 g/mol. The van der Waals surface area contributed by atoms with Gasteiger partial charge >= 0.3 is 0 Å². The lowest BCUT2D eigenvalue weighted by atomic mass is 10.1. The lowest BCUT2D eigenvalue weighted by molar-refractivity contribution is 0.0663. The van der Waals surface area contributed by atoms with Gasteiger partial charge in [-0.2, -0.15) is 0 Å². The monoisotopic (exact) mass is 368 g/mol. The number of aliphatic hydroxyl groups is 1. The fraction of sp³-hybridized carbons (Fsp3) is 0.409. The highest BCUT2D eigenvalue weighted by Gasteiger charge is 2.19. The molecule has 1 aliphatic heterocycles. The number of benzene rings is 2. The summed E-state index contributed by atoms with van der Waals surface area (Å²) >= 11 is 0. The molecule has 1 heterocycles. The van der Waals surface area contributed by atoms with Crippen LogP contribution in [0.5, 0.6) is 5.75 Å². The van der Waals surface area contributed by atoms with Crippen molar-refractivity contribution in [2.24, 2.45) is 0 Å². The highest BCUT2D eigenvalue weighted by atomic mass is 16.5. The first-order chi connectivity index (χ1) is 13.2. The molecule has 3 rings (SSSR count). The number of hydrogen-bond donors (Lipinski definition) is 1. The summed E-state index contributed by atoms with van der Waals surface area (Å²) in [6, 6.07) is 17.6. The van der Waals surface area contributed by atoms with Gasteiger partial charge in [0.05, 0.1) is 0 Å². The van der Waals surface area contributed by atoms with E-state index < -0.39 is 6.10 Å². The maximum absolute atomic E-state index is 11.6. The smallest absolute Gasteiger partial charge is 0.162 e. The molecule has 0 aliphatic carbocycles. The molecule has 5 heteroatoms. The largest absolute Gasteiger partial charge is 0.491 e. The second-order valence-corrected chi connectivity index (χ2v) is 6.89. The van der Waals surface area contributed by atoms with Crippen molar-refractivity contribution in [1.82, 2.24) is 4.90 Å². The molecule has 2 aromatic rings. The van der Waals surface area contributed by atoms with Crippen LogP contribution in [0.1, 0.15) is 23.7 Å². The van der Waals surface area contributed by atoms with Crippen molar-refractivity contribution in [3.05, 3.63) is 60.2 Å². The molecule has 27 heavy (non-hydrogen) atoms. The van der Waals surface area contributed by atoms with Gasteiger partial charge in [-0.1, -0.05) is 25.1 Å². The van der Waals surface area contributed by atoms with Crippen molar-refractivity contribution < 1.29 is 14.6 Å². The predicted octanol–water partition coefficient (Wildman–Crippen LogP) is 2.84. The van der Waals surface area contributed by atoms with Crippen LogP contribution in [0.4, 0.5) is 5.69 Å². The third-order valence-corrected chi connectivity index (χ3v) is 4.90. The summed E-state index contributed by atoms with van der Waals surface area (Å²) in [5, 5.41) is 10.3. The Bertz CT molecular complexity index is 710. The number of piperazine rings is 1. The van der Waals surface area contributed by atoms with E-state index in [1.807, 2.05) is 13.0 Å². The summed E-state index contributed by atoms with van der Waals surface area (Å²) in [5.74, 6) is 0.798. The van der Waals surface area contributed by atoms with Crippen LogP contribution in [0, 0.1) is 0 Å². The van der Waals surface area contributed by atoms with Gasteiger partial charge in [-0.3, -0.25) is 9.69 Å². The number of anilines is 1. The van der Waals surface area contributed by atoms with Crippen molar-refractivity contribution in [3.8, 4) is 5.75 Å². The quantitative estimate of drug-likeness (QED) is 0.726. The Balaban J connectivity index is 1.40. The van der Waals surface area contributed by atoms with Crippen LogP contribution in [0.25, 0.3) is 0 Å². The molecule has 0 amide bonds. The van der Waals surface area contributed by atoms with Gasteiger partial charge in [0, 0.05) is 50.4 Å². The maximum atomic E-state index is 11.6. The van der Waals surface area contributed by atoms with Crippen LogP contribution >= 0.6 is 0 Å².